The second-order valence-electron chi connectivity index (χ2n) is 5.33. The summed E-state index contributed by atoms with van der Waals surface area (Å²) >= 11 is 1.58. The lowest BCUT2D eigenvalue weighted by atomic mass is 10.2. The van der Waals surface area contributed by atoms with Gasteiger partial charge in [-0.25, -0.2) is 4.39 Å². The first-order chi connectivity index (χ1) is 11.0. The number of benzene rings is 1. The lowest BCUT2D eigenvalue weighted by Gasteiger charge is -2.12. The lowest BCUT2D eigenvalue weighted by molar-refractivity contribution is -0.118. The van der Waals surface area contributed by atoms with Crippen molar-refractivity contribution < 1.29 is 9.18 Å². The molecule has 1 aromatic heterocycles. The number of hydrogen-bond donors (Lipinski definition) is 1. The maximum atomic E-state index is 12.9. The molecule has 0 saturated carbocycles. The van der Waals surface area contributed by atoms with Crippen LogP contribution >= 0.6 is 11.8 Å². The van der Waals surface area contributed by atoms with Gasteiger partial charge in [-0.15, -0.1) is 0 Å². The number of anilines is 1. The van der Waals surface area contributed by atoms with Crippen LogP contribution in [0.5, 0.6) is 0 Å². The van der Waals surface area contributed by atoms with Gasteiger partial charge in [0.05, 0.1) is 6.54 Å². The number of rotatable bonds is 6. The molecule has 0 spiro atoms. The number of amides is 1. The second-order valence-corrected chi connectivity index (χ2v) is 6.24. The molecular formula is C17H19FN2O2S. The molecular weight excluding hydrogens is 315 g/mol. The van der Waals surface area contributed by atoms with Crippen molar-refractivity contribution in [3.63, 3.8) is 0 Å². The van der Waals surface area contributed by atoms with Gasteiger partial charge in [-0.05, 0) is 36.1 Å². The predicted octanol–water partition coefficient (Wildman–Crippen LogP) is 2.97. The van der Waals surface area contributed by atoms with Crippen LogP contribution in [-0.4, -0.2) is 22.5 Å². The van der Waals surface area contributed by atoms with Gasteiger partial charge < -0.3 is 9.88 Å². The molecule has 2 rings (SSSR count). The minimum absolute atomic E-state index is 0.170. The van der Waals surface area contributed by atoms with E-state index in [0.717, 1.165) is 5.56 Å². The molecule has 0 aliphatic carbocycles. The number of carbonyl (C=O) groups excluding carboxylic acids is 1. The fourth-order valence-corrected chi connectivity index (χ4v) is 2.78. The Labute approximate surface area is 138 Å². The van der Waals surface area contributed by atoms with E-state index in [0.29, 0.717) is 12.3 Å². The van der Waals surface area contributed by atoms with Crippen LogP contribution in [-0.2, 0) is 11.3 Å². The van der Waals surface area contributed by atoms with Gasteiger partial charge in [0.25, 0.3) is 5.56 Å². The van der Waals surface area contributed by atoms with E-state index in [2.05, 4.69) is 5.32 Å². The number of hydrogen-bond acceptors (Lipinski definition) is 3. The van der Waals surface area contributed by atoms with Crippen LogP contribution in [0.15, 0.2) is 47.4 Å². The van der Waals surface area contributed by atoms with Crippen molar-refractivity contribution in [1.82, 2.24) is 4.57 Å². The Morgan fingerprint density at radius 3 is 2.65 bits per heavy atom. The summed E-state index contributed by atoms with van der Waals surface area (Å²) in [5.74, 6) is 0.0404. The number of thioether (sulfide) groups is 1. The van der Waals surface area contributed by atoms with Crippen LogP contribution in [0.2, 0.25) is 0 Å². The first-order valence-corrected chi connectivity index (χ1v) is 8.64. The standard InChI is InChI=1S/C17H19FN2O2S/c1-12(11-23-2)16(21)19-15-4-3-9-20(17(15)22)10-13-5-7-14(18)8-6-13/h3-9,12H,10-11H2,1-2H3,(H,19,21). The molecule has 1 heterocycles. The van der Waals surface area contributed by atoms with Crippen LogP contribution in [0.3, 0.4) is 0 Å². The quantitative estimate of drug-likeness (QED) is 0.883. The summed E-state index contributed by atoms with van der Waals surface area (Å²) in [5, 5.41) is 2.68. The number of aromatic nitrogens is 1. The van der Waals surface area contributed by atoms with E-state index < -0.39 is 0 Å². The highest BCUT2D eigenvalue weighted by Crippen LogP contribution is 2.09. The highest BCUT2D eigenvalue weighted by molar-refractivity contribution is 7.98. The zero-order valence-electron chi connectivity index (χ0n) is 13.1. The highest BCUT2D eigenvalue weighted by atomic mass is 32.2. The van der Waals surface area contributed by atoms with Crippen molar-refractivity contribution in [2.24, 2.45) is 5.92 Å². The van der Waals surface area contributed by atoms with Gasteiger partial charge >= 0.3 is 0 Å². The first kappa shape index (κ1) is 17.3. The molecule has 0 saturated heterocycles. The molecule has 0 fully saturated rings. The summed E-state index contributed by atoms with van der Waals surface area (Å²) < 4.78 is 14.4. The Hall–Kier alpha value is -2.08. The summed E-state index contributed by atoms with van der Waals surface area (Å²) in [4.78, 5) is 24.5. The van der Waals surface area contributed by atoms with Gasteiger partial charge in [0.15, 0.2) is 0 Å². The monoisotopic (exact) mass is 334 g/mol. The van der Waals surface area contributed by atoms with Gasteiger partial charge in [0.2, 0.25) is 5.91 Å². The first-order valence-electron chi connectivity index (χ1n) is 7.25. The Balaban J connectivity index is 2.16. The normalized spacial score (nSPS) is 12.0. The SMILES string of the molecule is CSCC(C)C(=O)Nc1cccn(Cc2ccc(F)cc2)c1=O. The molecule has 1 amide bonds. The Bertz CT molecular complexity index is 728. The summed E-state index contributed by atoms with van der Waals surface area (Å²) in [5.41, 5.74) is 0.793. The number of nitrogens with one attached hydrogen (secondary N) is 1. The number of nitrogens with zero attached hydrogens (tertiary/aromatic N) is 1. The van der Waals surface area contributed by atoms with E-state index in [-0.39, 0.29) is 28.9 Å². The number of carbonyl (C=O) groups is 1. The molecule has 2 aromatic rings. The maximum absolute atomic E-state index is 12.9. The highest BCUT2D eigenvalue weighted by Gasteiger charge is 2.14. The summed E-state index contributed by atoms with van der Waals surface area (Å²) in [6.07, 6.45) is 3.58. The molecule has 4 nitrogen and oxygen atoms in total. The zero-order chi connectivity index (χ0) is 16.8. The molecule has 1 N–H and O–H groups in total. The average molecular weight is 334 g/mol. The van der Waals surface area contributed by atoms with E-state index in [9.17, 15) is 14.0 Å². The molecule has 0 aliphatic heterocycles. The largest absolute Gasteiger partial charge is 0.321 e. The second kappa shape index (κ2) is 7.97. The smallest absolute Gasteiger partial charge is 0.274 e. The van der Waals surface area contributed by atoms with Crippen LogP contribution in [0.25, 0.3) is 0 Å². The Morgan fingerprint density at radius 2 is 2.00 bits per heavy atom. The summed E-state index contributed by atoms with van der Waals surface area (Å²) in [6, 6.07) is 9.28. The predicted molar refractivity (Wildman–Crippen MR) is 92.4 cm³/mol. The fourth-order valence-electron chi connectivity index (χ4n) is 2.12. The van der Waals surface area contributed by atoms with Gasteiger partial charge in [-0.3, -0.25) is 9.59 Å². The maximum Gasteiger partial charge on any atom is 0.274 e. The molecule has 6 heteroatoms. The summed E-state index contributed by atoms with van der Waals surface area (Å²) in [7, 11) is 0. The average Bonchev–Trinajstić information content (AvgIpc) is 2.53. The van der Waals surface area contributed by atoms with Gasteiger partial charge in [-0.2, -0.15) is 11.8 Å². The van der Waals surface area contributed by atoms with Gasteiger partial charge in [0.1, 0.15) is 11.5 Å². The van der Waals surface area contributed by atoms with Gasteiger partial charge in [0, 0.05) is 17.9 Å². The van der Waals surface area contributed by atoms with E-state index >= 15 is 0 Å². The van der Waals surface area contributed by atoms with E-state index in [4.69, 9.17) is 0 Å². The summed E-state index contributed by atoms with van der Waals surface area (Å²) in [6.45, 7) is 2.15. The molecule has 1 aromatic carbocycles. The van der Waals surface area contributed by atoms with Crippen molar-refractivity contribution in [2.75, 3.05) is 17.3 Å². The molecule has 0 bridgehead atoms. The third-order valence-corrected chi connectivity index (χ3v) is 4.24. The van der Waals surface area contributed by atoms with Crippen molar-refractivity contribution in [3.8, 4) is 0 Å². The van der Waals surface area contributed by atoms with Crippen molar-refractivity contribution in [2.45, 2.75) is 13.5 Å². The fraction of sp³-hybridized carbons (Fsp3) is 0.294. The molecule has 1 unspecified atom stereocenters. The van der Waals surface area contributed by atoms with E-state index in [1.54, 1.807) is 42.2 Å². The topological polar surface area (TPSA) is 51.1 Å². The molecule has 122 valence electrons. The van der Waals surface area contributed by atoms with Crippen LogP contribution in [0, 0.1) is 11.7 Å². The van der Waals surface area contributed by atoms with Crippen LogP contribution in [0.1, 0.15) is 12.5 Å². The zero-order valence-corrected chi connectivity index (χ0v) is 13.9. The molecule has 1 atom stereocenters. The Kier molecular flexibility index (Phi) is 5.98. The third-order valence-electron chi connectivity index (χ3n) is 3.41. The minimum atomic E-state index is -0.315. The van der Waals surface area contributed by atoms with Crippen molar-refractivity contribution >= 4 is 23.4 Å². The van der Waals surface area contributed by atoms with Crippen LogP contribution < -0.4 is 10.9 Å². The minimum Gasteiger partial charge on any atom is -0.321 e. The Morgan fingerprint density at radius 1 is 1.30 bits per heavy atom. The van der Waals surface area contributed by atoms with Gasteiger partial charge in [-0.1, -0.05) is 19.1 Å². The number of pyridine rings is 1. The molecule has 23 heavy (non-hydrogen) atoms. The molecule has 0 aliphatic rings. The van der Waals surface area contributed by atoms with E-state index in [1.165, 1.54) is 16.7 Å². The third kappa shape index (κ3) is 4.69. The number of halogens is 1. The van der Waals surface area contributed by atoms with Crippen molar-refractivity contribution in [1.29, 1.82) is 0 Å². The molecule has 0 radical (unpaired) electrons. The lowest BCUT2D eigenvalue weighted by Crippen LogP contribution is -2.29. The van der Waals surface area contributed by atoms with Crippen LogP contribution in [0.4, 0.5) is 10.1 Å². The van der Waals surface area contributed by atoms with Crippen molar-refractivity contribution in [3.05, 3.63) is 64.3 Å². The van der Waals surface area contributed by atoms with E-state index in [1.807, 2.05) is 13.2 Å².